The quantitative estimate of drug-likeness (QED) is 0.896. The van der Waals surface area contributed by atoms with Crippen molar-refractivity contribution in [3.8, 4) is 5.75 Å². The maximum absolute atomic E-state index is 10.2. The zero-order chi connectivity index (χ0) is 14.0. The van der Waals surface area contributed by atoms with Gasteiger partial charge in [-0.2, -0.15) is 0 Å². The first-order valence-electron chi connectivity index (χ1n) is 7.39. The second-order valence-corrected chi connectivity index (χ2v) is 6.31. The predicted molar refractivity (Wildman–Crippen MR) is 78.5 cm³/mol. The fraction of sp³-hybridized carbons (Fsp3) is 0.647. The molecule has 1 aromatic rings. The van der Waals surface area contributed by atoms with Gasteiger partial charge >= 0.3 is 0 Å². The first-order chi connectivity index (χ1) is 8.97. The van der Waals surface area contributed by atoms with Gasteiger partial charge < -0.3 is 9.84 Å². The molecule has 3 unspecified atom stereocenters. The Labute approximate surface area is 116 Å². The lowest BCUT2D eigenvalue weighted by Gasteiger charge is -2.35. The molecular formula is C17H26O2. The molecule has 0 spiro atoms. The molecular weight excluding hydrogens is 236 g/mol. The van der Waals surface area contributed by atoms with Crippen LogP contribution in [-0.4, -0.2) is 17.3 Å². The Bertz CT molecular complexity index is 425. The van der Waals surface area contributed by atoms with E-state index < -0.39 is 0 Å². The highest BCUT2D eigenvalue weighted by Gasteiger charge is 2.32. The fourth-order valence-corrected chi connectivity index (χ4v) is 2.87. The molecule has 1 N–H and O–H groups in total. The number of hydrogen-bond acceptors (Lipinski definition) is 2. The SMILES string of the molecule is Cc1ccc(C)c(OC2CC(C(C)C)CCC2O)c1. The van der Waals surface area contributed by atoms with Gasteiger partial charge in [0.1, 0.15) is 11.9 Å². The Morgan fingerprint density at radius 1 is 1.21 bits per heavy atom. The molecule has 3 atom stereocenters. The van der Waals surface area contributed by atoms with E-state index in [0.717, 1.165) is 30.6 Å². The number of benzene rings is 1. The summed E-state index contributed by atoms with van der Waals surface area (Å²) in [5, 5.41) is 10.2. The Morgan fingerprint density at radius 3 is 2.63 bits per heavy atom. The van der Waals surface area contributed by atoms with Gasteiger partial charge in [-0.25, -0.2) is 0 Å². The molecule has 0 saturated heterocycles. The van der Waals surface area contributed by atoms with Crippen molar-refractivity contribution in [2.75, 3.05) is 0 Å². The minimum Gasteiger partial charge on any atom is -0.487 e. The van der Waals surface area contributed by atoms with E-state index in [0.29, 0.717) is 11.8 Å². The number of rotatable bonds is 3. The normalized spacial score (nSPS) is 27.6. The first kappa shape index (κ1) is 14.4. The molecule has 0 bridgehead atoms. The molecule has 19 heavy (non-hydrogen) atoms. The zero-order valence-corrected chi connectivity index (χ0v) is 12.5. The van der Waals surface area contributed by atoms with Crippen molar-refractivity contribution < 1.29 is 9.84 Å². The van der Waals surface area contributed by atoms with E-state index in [2.05, 4.69) is 45.9 Å². The standard InChI is InChI=1S/C17H26O2/c1-11(2)14-7-8-15(18)17(10-14)19-16-9-12(3)5-6-13(16)4/h5-6,9,11,14-15,17-18H,7-8,10H2,1-4H3. The Morgan fingerprint density at radius 2 is 1.95 bits per heavy atom. The second kappa shape index (κ2) is 5.96. The van der Waals surface area contributed by atoms with Crippen LogP contribution in [0.4, 0.5) is 0 Å². The van der Waals surface area contributed by atoms with Crippen molar-refractivity contribution >= 4 is 0 Å². The monoisotopic (exact) mass is 262 g/mol. The molecule has 1 aliphatic carbocycles. The minimum absolute atomic E-state index is 0.0540. The first-order valence-corrected chi connectivity index (χ1v) is 7.39. The number of aliphatic hydroxyl groups is 1. The van der Waals surface area contributed by atoms with E-state index in [4.69, 9.17) is 4.74 Å². The number of aliphatic hydroxyl groups excluding tert-OH is 1. The lowest BCUT2D eigenvalue weighted by Crippen LogP contribution is -2.39. The molecule has 0 heterocycles. The summed E-state index contributed by atoms with van der Waals surface area (Å²) in [6.07, 6.45) is 2.56. The molecule has 0 radical (unpaired) electrons. The van der Waals surface area contributed by atoms with Crippen LogP contribution in [0.15, 0.2) is 18.2 Å². The Balaban J connectivity index is 2.09. The van der Waals surface area contributed by atoms with Gasteiger partial charge in [0.2, 0.25) is 0 Å². The molecule has 2 rings (SSSR count). The summed E-state index contributed by atoms with van der Waals surface area (Å²) < 4.78 is 6.11. The topological polar surface area (TPSA) is 29.5 Å². The van der Waals surface area contributed by atoms with Gasteiger partial charge in [0, 0.05) is 0 Å². The van der Waals surface area contributed by atoms with Crippen LogP contribution in [0.2, 0.25) is 0 Å². The molecule has 1 aromatic carbocycles. The molecule has 0 aliphatic heterocycles. The summed E-state index contributed by atoms with van der Waals surface area (Å²) in [5.74, 6) is 2.25. The van der Waals surface area contributed by atoms with Gasteiger partial charge in [0.05, 0.1) is 6.10 Å². The van der Waals surface area contributed by atoms with Crippen molar-refractivity contribution in [3.05, 3.63) is 29.3 Å². The average molecular weight is 262 g/mol. The van der Waals surface area contributed by atoms with E-state index in [1.54, 1.807) is 0 Å². The average Bonchev–Trinajstić information content (AvgIpc) is 2.36. The van der Waals surface area contributed by atoms with E-state index in [-0.39, 0.29) is 12.2 Å². The van der Waals surface area contributed by atoms with Crippen molar-refractivity contribution in [1.29, 1.82) is 0 Å². The number of ether oxygens (including phenoxy) is 1. The number of aryl methyl sites for hydroxylation is 2. The third-order valence-electron chi connectivity index (χ3n) is 4.36. The zero-order valence-electron chi connectivity index (χ0n) is 12.5. The van der Waals surface area contributed by atoms with Gasteiger partial charge in [-0.15, -0.1) is 0 Å². The predicted octanol–water partition coefficient (Wildman–Crippen LogP) is 3.87. The van der Waals surface area contributed by atoms with Crippen LogP contribution in [0.1, 0.15) is 44.2 Å². The highest BCUT2D eigenvalue weighted by atomic mass is 16.5. The summed E-state index contributed by atoms with van der Waals surface area (Å²) in [6.45, 7) is 8.65. The van der Waals surface area contributed by atoms with Crippen molar-refractivity contribution in [3.63, 3.8) is 0 Å². The van der Waals surface area contributed by atoms with E-state index in [9.17, 15) is 5.11 Å². The summed E-state index contributed by atoms with van der Waals surface area (Å²) in [6, 6.07) is 6.25. The second-order valence-electron chi connectivity index (χ2n) is 6.31. The van der Waals surface area contributed by atoms with Crippen LogP contribution >= 0.6 is 0 Å². The van der Waals surface area contributed by atoms with Crippen molar-refractivity contribution in [1.82, 2.24) is 0 Å². The van der Waals surface area contributed by atoms with Gasteiger partial charge in [-0.3, -0.25) is 0 Å². The molecule has 2 heteroatoms. The van der Waals surface area contributed by atoms with Crippen molar-refractivity contribution in [2.45, 2.75) is 59.2 Å². The summed E-state index contributed by atoms with van der Waals surface area (Å²) in [4.78, 5) is 0. The smallest absolute Gasteiger partial charge is 0.125 e. The van der Waals surface area contributed by atoms with E-state index in [1.807, 2.05) is 0 Å². The molecule has 0 amide bonds. The summed E-state index contributed by atoms with van der Waals surface area (Å²) >= 11 is 0. The molecule has 106 valence electrons. The van der Waals surface area contributed by atoms with Crippen LogP contribution in [0.3, 0.4) is 0 Å². The van der Waals surface area contributed by atoms with Gasteiger partial charge in [-0.1, -0.05) is 26.0 Å². The molecule has 1 fully saturated rings. The van der Waals surface area contributed by atoms with Crippen LogP contribution in [-0.2, 0) is 0 Å². The number of hydrogen-bond donors (Lipinski definition) is 1. The van der Waals surface area contributed by atoms with Crippen molar-refractivity contribution in [2.24, 2.45) is 11.8 Å². The third kappa shape index (κ3) is 3.50. The van der Waals surface area contributed by atoms with Gasteiger partial charge in [0.25, 0.3) is 0 Å². The third-order valence-corrected chi connectivity index (χ3v) is 4.36. The van der Waals surface area contributed by atoms with E-state index >= 15 is 0 Å². The maximum Gasteiger partial charge on any atom is 0.125 e. The molecule has 1 aliphatic rings. The van der Waals surface area contributed by atoms with Crippen LogP contribution < -0.4 is 4.74 Å². The van der Waals surface area contributed by atoms with E-state index in [1.165, 1.54) is 5.56 Å². The fourth-order valence-electron chi connectivity index (χ4n) is 2.87. The largest absolute Gasteiger partial charge is 0.487 e. The Hall–Kier alpha value is -1.02. The maximum atomic E-state index is 10.2. The molecule has 0 aromatic heterocycles. The van der Waals surface area contributed by atoms with Crippen LogP contribution in [0, 0.1) is 25.7 Å². The van der Waals surface area contributed by atoms with Gasteiger partial charge in [0.15, 0.2) is 0 Å². The highest BCUT2D eigenvalue weighted by molar-refractivity contribution is 5.36. The van der Waals surface area contributed by atoms with Crippen LogP contribution in [0.25, 0.3) is 0 Å². The summed E-state index contributed by atoms with van der Waals surface area (Å²) in [5.41, 5.74) is 2.34. The summed E-state index contributed by atoms with van der Waals surface area (Å²) in [7, 11) is 0. The van der Waals surface area contributed by atoms with Gasteiger partial charge in [-0.05, 0) is 62.1 Å². The lowest BCUT2D eigenvalue weighted by atomic mass is 9.79. The molecule has 1 saturated carbocycles. The molecule has 2 nitrogen and oxygen atoms in total. The lowest BCUT2D eigenvalue weighted by molar-refractivity contribution is -0.0179. The van der Waals surface area contributed by atoms with Crippen LogP contribution in [0.5, 0.6) is 5.75 Å². The minimum atomic E-state index is -0.324. The Kier molecular flexibility index (Phi) is 4.51. The highest BCUT2D eigenvalue weighted by Crippen LogP contribution is 2.33.